The van der Waals surface area contributed by atoms with E-state index in [1.54, 1.807) is 6.20 Å². The predicted octanol–water partition coefficient (Wildman–Crippen LogP) is 2.44. The van der Waals surface area contributed by atoms with Gasteiger partial charge in [0.25, 0.3) is 0 Å². The Morgan fingerprint density at radius 3 is 2.50 bits per heavy atom. The lowest BCUT2D eigenvalue weighted by Gasteiger charge is -2.31. The van der Waals surface area contributed by atoms with Gasteiger partial charge in [-0.3, -0.25) is 4.98 Å². The van der Waals surface area contributed by atoms with Gasteiger partial charge in [-0.25, -0.2) is 0 Å². The van der Waals surface area contributed by atoms with Crippen LogP contribution in [0.4, 0.5) is 5.69 Å². The molecule has 0 aromatic carbocycles. The lowest BCUT2D eigenvalue weighted by Crippen LogP contribution is -2.35. The molecule has 0 spiro atoms. The molecule has 1 rings (SSSR count). The maximum Gasteiger partial charge on any atom is 0.0703 e. The van der Waals surface area contributed by atoms with Crippen LogP contribution in [0.2, 0.25) is 0 Å². The molecule has 1 heterocycles. The fourth-order valence-corrected chi connectivity index (χ4v) is 1.79. The summed E-state index contributed by atoms with van der Waals surface area (Å²) in [4.78, 5) is 6.45. The normalized spacial score (nSPS) is 11.2. The number of nitrogens with zero attached hydrogens (tertiary/aromatic N) is 2. The molecule has 90 valence electrons. The summed E-state index contributed by atoms with van der Waals surface area (Å²) in [6.45, 7) is 9.78. The van der Waals surface area contributed by atoms with Crippen molar-refractivity contribution in [1.82, 2.24) is 4.98 Å². The van der Waals surface area contributed by atoms with Crippen LogP contribution in [0.5, 0.6) is 0 Å². The first-order valence-corrected chi connectivity index (χ1v) is 5.86. The Balaban J connectivity index is 3.00. The second-order valence-electron chi connectivity index (χ2n) is 4.80. The van der Waals surface area contributed by atoms with E-state index in [4.69, 9.17) is 0 Å². The summed E-state index contributed by atoms with van der Waals surface area (Å²) in [6.07, 6.45) is 3.57. The molecule has 1 N–H and O–H groups in total. The first-order valence-electron chi connectivity index (χ1n) is 5.86. The molecule has 0 radical (unpaired) electrons. The molecule has 16 heavy (non-hydrogen) atoms. The van der Waals surface area contributed by atoms with Gasteiger partial charge in [0.15, 0.2) is 0 Å². The van der Waals surface area contributed by atoms with E-state index in [1.165, 1.54) is 0 Å². The highest BCUT2D eigenvalue weighted by Gasteiger charge is 2.15. The van der Waals surface area contributed by atoms with E-state index in [1.807, 2.05) is 12.3 Å². The molecule has 0 amide bonds. The Kier molecular flexibility index (Phi) is 4.74. The maximum atomic E-state index is 9.33. The molecule has 0 unspecified atom stereocenters. The van der Waals surface area contributed by atoms with E-state index in [0.717, 1.165) is 17.8 Å². The largest absolute Gasteiger partial charge is 0.392 e. The number of hydrogen-bond acceptors (Lipinski definition) is 3. The molecule has 0 aliphatic rings. The molecule has 0 fully saturated rings. The third kappa shape index (κ3) is 3.20. The van der Waals surface area contributed by atoms with Crippen molar-refractivity contribution in [3.05, 3.63) is 24.0 Å². The van der Waals surface area contributed by atoms with Gasteiger partial charge in [0, 0.05) is 24.3 Å². The van der Waals surface area contributed by atoms with Crippen LogP contribution in [-0.2, 0) is 6.61 Å². The summed E-state index contributed by atoms with van der Waals surface area (Å²) < 4.78 is 0. The average molecular weight is 222 g/mol. The molecule has 3 nitrogen and oxygen atoms in total. The maximum absolute atomic E-state index is 9.33. The average Bonchev–Trinajstić information content (AvgIpc) is 2.25. The topological polar surface area (TPSA) is 36.4 Å². The van der Waals surface area contributed by atoms with Crippen molar-refractivity contribution >= 4 is 5.69 Å². The quantitative estimate of drug-likeness (QED) is 0.831. The van der Waals surface area contributed by atoms with Crippen LogP contribution in [0.3, 0.4) is 0 Å². The number of anilines is 1. The lowest BCUT2D eigenvalue weighted by atomic mass is 10.1. The summed E-state index contributed by atoms with van der Waals surface area (Å²) >= 11 is 0. The first kappa shape index (κ1) is 13.0. The van der Waals surface area contributed by atoms with Crippen LogP contribution in [0, 0.1) is 5.92 Å². The molecular formula is C13H22N2O. The highest BCUT2D eigenvalue weighted by Crippen LogP contribution is 2.22. The van der Waals surface area contributed by atoms with Gasteiger partial charge in [-0.15, -0.1) is 0 Å². The summed E-state index contributed by atoms with van der Waals surface area (Å²) in [7, 11) is 0. The van der Waals surface area contributed by atoms with E-state index in [0.29, 0.717) is 12.0 Å². The second-order valence-corrected chi connectivity index (χ2v) is 4.80. The standard InChI is InChI=1S/C13H22N2O/c1-10(2)8-15(11(3)4)13-7-14-6-5-12(13)9-16/h5-7,10-11,16H,8-9H2,1-4H3. The Morgan fingerprint density at radius 2 is 2.00 bits per heavy atom. The fraction of sp³-hybridized carbons (Fsp3) is 0.615. The van der Waals surface area contributed by atoms with E-state index < -0.39 is 0 Å². The van der Waals surface area contributed by atoms with Crippen LogP contribution in [0.15, 0.2) is 18.5 Å². The summed E-state index contributed by atoms with van der Waals surface area (Å²) in [5.74, 6) is 0.592. The summed E-state index contributed by atoms with van der Waals surface area (Å²) in [5, 5.41) is 9.33. The van der Waals surface area contributed by atoms with Crippen LogP contribution in [0.1, 0.15) is 33.3 Å². The third-order valence-corrected chi connectivity index (χ3v) is 2.55. The Hall–Kier alpha value is -1.09. The third-order valence-electron chi connectivity index (χ3n) is 2.55. The minimum absolute atomic E-state index is 0.0686. The molecule has 0 saturated heterocycles. The van der Waals surface area contributed by atoms with Crippen LogP contribution in [-0.4, -0.2) is 22.7 Å². The number of rotatable bonds is 5. The van der Waals surface area contributed by atoms with Crippen molar-refractivity contribution in [2.24, 2.45) is 5.92 Å². The first-order chi connectivity index (χ1) is 7.56. The van der Waals surface area contributed by atoms with E-state index in [9.17, 15) is 5.11 Å². The van der Waals surface area contributed by atoms with Crippen LogP contribution < -0.4 is 4.90 Å². The highest BCUT2D eigenvalue weighted by molar-refractivity contribution is 5.52. The fourth-order valence-electron chi connectivity index (χ4n) is 1.79. The van der Waals surface area contributed by atoms with Crippen molar-refractivity contribution in [3.8, 4) is 0 Å². The SMILES string of the molecule is CC(C)CN(c1cnccc1CO)C(C)C. The van der Waals surface area contributed by atoms with Gasteiger partial charge in [-0.05, 0) is 25.8 Å². The minimum atomic E-state index is 0.0686. The molecule has 0 aliphatic heterocycles. The van der Waals surface area contributed by atoms with E-state index in [-0.39, 0.29) is 6.61 Å². The van der Waals surface area contributed by atoms with Crippen molar-refractivity contribution in [2.75, 3.05) is 11.4 Å². The van der Waals surface area contributed by atoms with Gasteiger partial charge in [-0.1, -0.05) is 13.8 Å². The minimum Gasteiger partial charge on any atom is -0.392 e. The zero-order chi connectivity index (χ0) is 12.1. The zero-order valence-electron chi connectivity index (χ0n) is 10.6. The van der Waals surface area contributed by atoms with Gasteiger partial charge >= 0.3 is 0 Å². The van der Waals surface area contributed by atoms with Crippen molar-refractivity contribution in [2.45, 2.75) is 40.3 Å². The molecule has 0 saturated carbocycles. The number of hydrogen-bond donors (Lipinski definition) is 1. The summed E-state index contributed by atoms with van der Waals surface area (Å²) in [5.41, 5.74) is 2.00. The Bertz CT molecular complexity index is 323. The van der Waals surface area contributed by atoms with Crippen molar-refractivity contribution in [3.63, 3.8) is 0 Å². The number of pyridine rings is 1. The van der Waals surface area contributed by atoms with Gasteiger partial charge in [0.05, 0.1) is 18.5 Å². The molecular weight excluding hydrogens is 200 g/mol. The molecule has 0 aliphatic carbocycles. The van der Waals surface area contributed by atoms with Gasteiger partial charge in [-0.2, -0.15) is 0 Å². The molecule has 0 bridgehead atoms. The number of aliphatic hydroxyl groups is 1. The van der Waals surface area contributed by atoms with Gasteiger partial charge in [0.1, 0.15) is 0 Å². The molecule has 1 aromatic rings. The van der Waals surface area contributed by atoms with E-state index >= 15 is 0 Å². The second kappa shape index (κ2) is 5.85. The number of aliphatic hydroxyl groups excluding tert-OH is 1. The van der Waals surface area contributed by atoms with Crippen molar-refractivity contribution < 1.29 is 5.11 Å². The van der Waals surface area contributed by atoms with Gasteiger partial charge in [0.2, 0.25) is 0 Å². The lowest BCUT2D eigenvalue weighted by molar-refractivity contribution is 0.281. The van der Waals surface area contributed by atoms with E-state index in [2.05, 4.69) is 37.6 Å². The molecule has 0 atom stereocenters. The Morgan fingerprint density at radius 1 is 1.31 bits per heavy atom. The van der Waals surface area contributed by atoms with Crippen LogP contribution in [0.25, 0.3) is 0 Å². The smallest absolute Gasteiger partial charge is 0.0703 e. The molecule has 3 heteroatoms. The van der Waals surface area contributed by atoms with Crippen molar-refractivity contribution in [1.29, 1.82) is 0 Å². The predicted molar refractivity (Wildman–Crippen MR) is 67.5 cm³/mol. The monoisotopic (exact) mass is 222 g/mol. The number of aromatic nitrogens is 1. The van der Waals surface area contributed by atoms with Gasteiger partial charge < -0.3 is 10.0 Å². The Labute approximate surface area is 98.1 Å². The summed E-state index contributed by atoms with van der Waals surface area (Å²) in [6, 6.07) is 2.29. The zero-order valence-corrected chi connectivity index (χ0v) is 10.6. The van der Waals surface area contributed by atoms with Crippen LogP contribution >= 0.6 is 0 Å². The highest BCUT2D eigenvalue weighted by atomic mass is 16.3. The molecule has 1 aromatic heterocycles.